The molecule has 2 aromatic carbocycles. The van der Waals surface area contributed by atoms with Crippen molar-refractivity contribution in [3.8, 4) is 5.75 Å². The highest BCUT2D eigenvalue weighted by Gasteiger charge is 2.08. The van der Waals surface area contributed by atoms with E-state index < -0.39 is 0 Å². The van der Waals surface area contributed by atoms with E-state index in [-0.39, 0.29) is 30.4 Å². The molecule has 25 heavy (non-hydrogen) atoms. The number of benzene rings is 2. The normalized spacial score (nSPS) is 10.6. The highest BCUT2D eigenvalue weighted by atomic mass is 35.5. The van der Waals surface area contributed by atoms with E-state index >= 15 is 0 Å². The molecule has 0 aliphatic heterocycles. The number of aromatic hydroxyl groups is 1. The van der Waals surface area contributed by atoms with E-state index in [4.69, 9.17) is 16.7 Å². The van der Waals surface area contributed by atoms with Gasteiger partial charge in [-0.15, -0.1) is 0 Å². The number of phenolic OH excluding ortho intramolecular Hbond substituents is 1. The van der Waals surface area contributed by atoms with Gasteiger partial charge in [0.25, 0.3) is 0 Å². The van der Waals surface area contributed by atoms with Gasteiger partial charge in [-0.2, -0.15) is 5.10 Å². The molecule has 0 unspecified atom stereocenters. The molecule has 0 fully saturated rings. The van der Waals surface area contributed by atoms with Gasteiger partial charge in [-0.25, -0.2) is 5.43 Å². The summed E-state index contributed by atoms with van der Waals surface area (Å²) in [5.41, 5.74) is 4.60. The summed E-state index contributed by atoms with van der Waals surface area (Å²) in [5, 5.41) is 16.3. The van der Waals surface area contributed by atoms with Crippen molar-refractivity contribution in [3.05, 3.63) is 58.6 Å². The Bertz CT molecular complexity index is 789. The molecule has 0 saturated carbocycles. The number of nitrogens with zero attached hydrogens (tertiary/aromatic N) is 1. The second-order valence-corrected chi connectivity index (χ2v) is 5.83. The summed E-state index contributed by atoms with van der Waals surface area (Å²) in [6, 6.07) is 11.5. The van der Waals surface area contributed by atoms with Gasteiger partial charge in [0.05, 0.1) is 6.21 Å². The van der Waals surface area contributed by atoms with Crippen molar-refractivity contribution in [1.29, 1.82) is 0 Å². The molecular formula is C18H18ClN3O3. The third-order valence-corrected chi connectivity index (χ3v) is 3.57. The fourth-order valence-corrected chi connectivity index (χ4v) is 2.23. The first-order valence-corrected chi connectivity index (χ1v) is 7.99. The molecule has 0 spiro atoms. The minimum absolute atomic E-state index is 0.0192. The number of carbonyl (C=O) groups is 2. The smallest absolute Gasteiger partial charge is 0.240 e. The minimum atomic E-state index is -0.363. The summed E-state index contributed by atoms with van der Waals surface area (Å²) >= 11 is 5.87. The Morgan fingerprint density at radius 3 is 2.48 bits per heavy atom. The number of halogens is 1. The summed E-state index contributed by atoms with van der Waals surface area (Å²) in [5.74, 6) is -0.468. The van der Waals surface area contributed by atoms with Crippen molar-refractivity contribution in [1.82, 2.24) is 5.43 Å². The van der Waals surface area contributed by atoms with E-state index in [2.05, 4.69) is 15.8 Å². The zero-order chi connectivity index (χ0) is 18.2. The number of phenols is 1. The maximum atomic E-state index is 11.9. The molecule has 0 radical (unpaired) electrons. The first-order chi connectivity index (χ1) is 11.9. The van der Waals surface area contributed by atoms with Gasteiger partial charge in [0.15, 0.2) is 0 Å². The first-order valence-electron chi connectivity index (χ1n) is 7.61. The van der Waals surface area contributed by atoms with Crippen LogP contribution in [0.1, 0.15) is 24.0 Å². The molecule has 0 atom stereocenters. The summed E-state index contributed by atoms with van der Waals surface area (Å²) in [7, 11) is 0. The van der Waals surface area contributed by atoms with E-state index in [1.165, 1.54) is 18.3 Å². The predicted octanol–water partition coefficient (Wildman–Crippen LogP) is 3.22. The van der Waals surface area contributed by atoms with Crippen LogP contribution in [0.15, 0.2) is 47.6 Å². The van der Waals surface area contributed by atoms with Crippen LogP contribution in [0.5, 0.6) is 5.75 Å². The van der Waals surface area contributed by atoms with Gasteiger partial charge >= 0.3 is 0 Å². The Balaban J connectivity index is 1.75. The van der Waals surface area contributed by atoms with Crippen LogP contribution in [-0.2, 0) is 9.59 Å². The number of hydrogen-bond acceptors (Lipinski definition) is 4. The number of amides is 2. The average Bonchev–Trinajstić information content (AvgIpc) is 2.57. The Morgan fingerprint density at radius 1 is 1.12 bits per heavy atom. The fourth-order valence-electron chi connectivity index (χ4n) is 2.00. The molecule has 3 N–H and O–H groups in total. The van der Waals surface area contributed by atoms with Crippen LogP contribution in [0, 0.1) is 6.92 Å². The van der Waals surface area contributed by atoms with Gasteiger partial charge < -0.3 is 10.4 Å². The van der Waals surface area contributed by atoms with E-state index in [9.17, 15) is 9.59 Å². The van der Waals surface area contributed by atoms with Crippen LogP contribution in [-0.4, -0.2) is 23.1 Å². The van der Waals surface area contributed by atoms with Gasteiger partial charge in [0.1, 0.15) is 5.75 Å². The van der Waals surface area contributed by atoms with Crippen LogP contribution in [0.3, 0.4) is 0 Å². The number of hydrazone groups is 1. The summed E-state index contributed by atoms with van der Waals surface area (Å²) in [6.07, 6.45) is 1.52. The van der Waals surface area contributed by atoms with Gasteiger partial charge in [0.2, 0.25) is 11.8 Å². The minimum Gasteiger partial charge on any atom is -0.508 e. The highest BCUT2D eigenvalue weighted by molar-refractivity contribution is 6.30. The van der Waals surface area contributed by atoms with E-state index in [1.54, 1.807) is 30.3 Å². The van der Waals surface area contributed by atoms with E-state index in [1.807, 2.05) is 6.92 Å². The maximum absolute atomic E-state index is 11.9. The predicted molar refractivity (Wildman–Crippen MR) is 97.9 cm³/mol. The summed E-state index contributed by atoms with van der Waals surface area (Å²) in [6.45, 7) is 1.84. The molecule has 2 rings (SSSR count). The molecule has 6 nitrogen and oxygen atoms in total. The largest absolute Gasteiger partial charge is 0.508 e. The van der Waals surface area contributed by atoms with Crippen molar-refractivity contribution in [2.75, 3.05) is 5.32 Å². The third-order valence-electron chi connectivity index (χ3n) is 3.34. The molecule has 7 heteroatoms. The molecule has 0 aliphatic carbocycles. The topological polar surface area (TPSA) is 90.8 Å². The number of nitrogens with one attached hydrogen (secondary N) is 2. The van der Waals surface area contributed by atoms with E-state index in [0.29, 0.717) is 10.7 Å². The van der Waals surface area contributed by atoms with Crippen molar-refractivity contribution in [3.63, 3.8) is 0 Å². The van der Waals surface area contributed by atoms with Crippen molar-refractivity contribution in [2.45, 2.75) is 19.8 Å². The van der Waals surface area contributed by atoms with Gasteiger partial charge in [-0.3, -0.25) is 9.59 Å². The monoisotopic (exact) mass is 359 g/mol. The van der Waals surface area contributed by atoms with Crippen LogP contribution in [0.25, 0.3) is 0 Å². The molecule has 0 heterocycles. The second kappa shape index (κ2) is 8.84. The molecule has 0 saturated heterocycles. The number of hydrogen-bond donors (Lipinski definition) is 3. The zero-order valence-corrected chi connectivity index (χ0v) is 14.4. The molecule has 0 aromatic heterocycles. The second-order valence-electron chi connectivity index (χ2n) is 5.39. The maximum Gasteiger partial charge on any atom is 0.240 e. The quantitative estimate of drug-likeness (QED) is 0.546. The summed E-state index contributed by atoms with van der Waals surface area (Å²) in [4.78, 5) is 23.6. The Hall–Kier alpha value is -2.86. The summed E-state index contributed by atoms with van der Waals surface area (Å²) < 4.78 is 0. The standard InChI is InChI=1S/C18H18ClN3O3/c1-12-10-14(19)4-7-16(12)21-17(24)8-9-18(25)22-20-11-13-2-5-15(23)6-3-13/h2-7,10-11,23H,8-9H2,1H3,(H,21,24)(H,22,25)/b20-11+. The third kappa shape index (κ3) is 6.27. The molecule has 0 aliphatic rings. The Labute approximate surface area is 150 Å². The van der Waals surface area contributed by atoms with Crippen LogP contribution >= 0.6 is 11.6 Å². The molecule has 2 aromatic rings. The van der Waals surface area contributed by atoms with Gasteiger partial charge in [-0.05, 0) is 60.5 Å². The highest BCUT2D eigenvalue weighted by Crippen LogP contribution is 2.19. The lowest BCUT2D eigenvalue weighted by molar-refractivity contribution is -0.124. The molecular weight excluding hydrogens is 342 g/mol. The van der Waals surface area contributed by atoms with Crippen molar-refractivity contribution in [2.24, 2.45) is 5.10 Å². The van der Waals surface area contributed by atoms with Crippen LogP contribution < -0.4 is 10.7 Å². The van der Waals surface area contributed by atoms with Crippen molar-refractivity contribution < 1.29 is 14.7 Å². The van der Waals surface area contributed by atoms with E-state index in [0.717, 1.165) is 11.1 Å². The molecule has 0 bridgehead atoms. The number of rotatable bonds is 6. The van der Waals surface area contributed by atoms with Crippen LogP contribution in [0.2, 0.25) is 5.02 Å². The average molecular weight is 360 g/mol. The number of aryl methyl sites for hydroxylation is 1. The SMILES string of the molecule is Cc1cc(Cl)ccc1NC(=O)CCC(=O)N/N=C/c1ccc(O)cc1. The lowest BCUT2D eigenvalue weighted by Crippen LogP contribution is -2.20. The number of anilines is 1. The van der Waals surface area contributed by atoms with Crippen LogP contribution in [0.4, 0.5) is 5.69 Å². The lowest BCUT2D eigenvalue weighted by Gasteiger charge is -2.08. The molecule has 130 valence electrons. The molecule has 2 amide bonds. The fraction of sp³-hybridized carbons (Fsp3) is 0.167. The zero-order valence-electron chi connectivity index (χ0n) is 13.6. The lowest BCUT2D eigenvalue weighted by atomic mass is 10.2. The Kier molecular flexibility index (Phi) is 6.54. The Morgan fingerprint density at radius 2 is 1.80 bits per heavy atom. The van der Waals surface area contributed by atoms with Gasteiger partial charge in [-0.1, -0.05) is 11.6 Å². The first kappa shape index (κ1) is 18.5. The van der Waals surface area contributed by atoms with Crippen molar-refractivity contribution >= 4 is 35.3 Å². The van der Waals surface area contributed by atoms with Gasteiger partial charge in [0, 0.05) is 23.6 Å². The number of carbonyl (C=O) groups excluding carboxylic acids is 2.